The number of pyridine rings is 1. The van der Waals surface area contributed by atoms with E-state index in [1.807, 2.05) is 18.3 Å². The molecule has 2 N–H and O–H groups in total. The van der Waals surface area contributed by atoms with Gasteiger partial charge in [-0.1, -0.05) is 19.9 Å². The van der Waals surface area contributed by atoms with Gasteiger partial charge in [0, 0.05) is 49.4 Å². The zero-order valence-corrected chi connectivity index (χ0v) is 18.8. The first-order valence-electron chi connectivity index (χ1n) is 8.71. The van der Waals surface area contributed by atoms with Crippen LogP contribution >= 0.6 is 35.3 Å². The Hall–Kier alpha value is -1.42. The molecule has 0 aliphatic heterocycles. The van der Waals surface area contributed by atoms with Crippen LogP contribution < -0.4 is 15.4 Å². The number of hydrogen-bond acceptors (Lipinski definition) is 5. The highest BCUT2D eigenvalue weighted by atomic mass is 127. The Morgan fingerprint density at radius 1 is 1.27 bits per heavy atom. The van der Waals surface area contributed by atoms with E-state index >= 15 is 0 Å². The summed E-state index contributed by atoms with van der Waals surface area (Å²) in [6.07, 6.45) is 6.61. The molecule has 2 aromatic heterocycles. The number of aromatic nitrogens is 2. The van der Waals surface area contributed by atoms with Crippen LogP contribution in [-0.4, -0.2) is 36.1 Å². The first-order valence-corrected chi connectivity index (χ1v) is 9.53. The number of thiazole rings is 1. The second kappa shape index (κ2) is 12.9. The molecule has 0 saturated heterocycles. The Kier molecular flexibility index (Phi) is 11.2. The molecule has 0 aliphatic carbocycles. The van der Waals surface area contributed by atoms with E-state index < -0.39 is 0 Å². The van der Waals surface area contributed by atoms with E-state index in [1.165, 1.54) is 4.88 Å². The number of halogens is 1. The van der Waals surface area contributed by atoms with Crippen LogP contribution in [0.5, 0.6) is 5.88 Å². The van der Waals surface area contributed by atoms with Gasteiger partial charge in [-0.25, -0.2) is 9.97 Å². The van der Waals surface area contributed by atoms with Gasteiger partial charge in [0.05, 0.1) is 11.6 Å². The van der Waals surface area contributed by atoms with Gasteiger partial charge in [-0.2, -0.15) is 0 Å². The van der Waals surface area contributed by atoms with Gasteiger partial charge in [-0.3, -0.25) is 4.99 Å². The normalized spacial score (nSPS) is 11.0. The molecule has 0 radical (unpaired) electrons. The molecule has 0 aromatic carbocycles. The van der Waals surface area contributed by atoms with Crippen LogP contribution in [0.25, 0.3) is 0 Å². The number of guanidine groups is 1. The molecule has 2 aromatic rings. The zero-order chi connectivity index (χ0) is 17.9. The van der Waals surface area contributed by atoms with Crippen LogP contribution in [0.2, 0.25) is 0 Å². The van der Waals surface area contributed by atoms with Crippen molar-refractivity contribution in [2.75, 3.05) is 20.2 Å². The third-order valence-corrected chi connectivity index (χ3v) is 4.75. The van der Waals surface area contributed by atoms with Gasteiger partial charge in [-0.15, -0.1) is 35.3 Å². The molecular formula is C18H28IN5OS. The molecule has 0 spiro atoms. The smallest absolute Gasteiger partial charge is 0.218 e. The average Bonchev–Trinajstić information content (AvgIpc) is 3.11. The van der Waals surface area contributed by atoms with Crippen molar-refractivity contribution in [3.8, 4) is 5.88 Å². The Labute approximate surface area is 176 Å². The lowest BCUT2D eigenvalue weighted by molar-refractivity contribution is 0.301. The maximum absolute atomic E-state index is 5.69. The predicted molar refractivity (Wildman–Crippen MR) is 119 cm³/mol. The second-order valence-electron chi connectivity index (χ2n) is 5.49. The molecule has 0 saturated carbocycles. The van der Waals surface area contributed by atoms with Gasteiger partial charge in [0.2, 0.25) is 5.88 Å². The fourth-order valence-electron chi connectivity index (χ4n) is 2.20. The maximum atomic E-state index is 5.69. The Morgan fingerprint density at radius 3 is 2.81 bits per heavy atom. The van der Waals surface area contributed by atoms with Crippen LogP contribution in [0.1, 0.15) is 35.7 Å². The van der Waals surface area contributed by atoms with Crippen molar-refractivity contribution < 1.29 is 4.74 Å². The largest absolute Gasteiger partial charge is 0.477 e. The van der Waals surface area contributed by atoms with Crippen LogP contribution in [0.4, 0.5) is 0 Å². The molecule has 2 rings (SSSR count). The summed E-state index contributed by atoms with van der Waals surface area (Å²) in [5, 5.41) is 7.78. The molecule has 0 fully saturated rings. The van der Waals surface area contributed by atoms with Crippen molar-refractivity contribution in [2.24, 2.45) is 4.99 Å². The molecular weight excluding hydrogens is 461 g/mol. The predicted octanol–water partition coefficient (Wildman–Crippen LogP) is 3.42. The molecule has 26 heavy (non-hydrogen) atoms. The Morgan fingerprint density at radius 2 is 2.12 bits per heavy atom. The summed E-state index contributed by atoms with van der Waals surface area (Å²) < 4.78 is 5.69. The number of aliphatic imine (C=N–C) groups is 1. The highest BCUT2D eigenvalue weighted by molar-refractivity contribution is 14.0. The van der Waals surface area contributed by atoms with Gasteiger partial charge < -0.3 is 15.4 Å². The van der Waals surface area contributed by atoms with Gasteiger partial charge in [-0.05, 0) is 18.9 Å². The highest BCUT2D eigenvalue weighted by Gasteiger charge is 2.06. The highest BCUT2D eigenvalue weighted by Crippen LogP contribution is 2.14. The third kappa shape index (κ3) is 7.45. The topological polar surface area (TPSA) is 71.4 Å². The van der Waals surface area contributed by atoms with Crippen molar-refractivity contribution in [3.63, 3.8) is 0 Å². The average molecular weight is 489 g/mol. The summed E-state index contributed by atoms with van der Waals surface area (Å²) in [4.78, 5) is 14.3. The van der Waals surface area contributed by atoms with Crippen LogP contribution in [0, 0.1) is 0 Å². The number of nitrogens with zero attached hydrogens (tertiary/aromatic N) is 3. The van der Waals surface area contributed by atoms with E-state index in [1.54, 1.807) is 24.6 Å². The molecule has 6 nitrogen and oxygen atoms in total. The fraction of sp³-hybridized carbons (Fsp3) is 0.500. The van der Waals surface area contributed by atoms with Crippen LogP contribution in [-0.2, 0) is 19.4 Å². The van der Waals surface area contributed by atoms with Gasteiger partial charge in [0.1, 0.15) is 0 Å². The van der Waals surface area contributed by atoms with E-state index in [9.17, 15) is 0 Å². The SMILES string of the molecule is CCCOc1ncccc1CNC(=NC)NCCc1ncc(CC)s1.I. The number of hydrogen-bond donors (Lipinski definition) is 2. The molecule has 2 heterocycles. The summed E-state index contributed by atoms with van der Waals surface area (Å²) in [7, 11) is 1.77. The minimum atomic E-state index is 0. The van der Waals surface area contributed by atoms with Crippen molar-refractivity contribution >= 4 is 41.3 Å². The first-order chi connectivity index (χ1) is 12.3. The summed E-state index contributed by atoms with van der Waals surface area (Å²) >= 11 is 1.78. The van der Waals surface area contributed by atoms with Gasteiger partial charge >= 0.3 is 0 Å². The van der Waals surface area contributed by atoms with Crippen LogP contribution in [0.15, 0.2) is 29.5 Å². The number of aryl methyl sites for hydroxylation is 1. The Balaban J connectivity index is 0.00000338. The van der Waals surface area contributed by atoms with E-state index in [-0.39, 0.29) is 24.0 Å². The quantitative estimate of drug-likeness (QED) is 0.321. The lowest BCUT2D eigenvalue weighted by Gasteiger charge is -2.13. The van der Waals surface area contributed by atoms with Crippen LogP contribution in [0.3, 0.4) is 0 Å². The van der Waals surface area contributed by atoms with Crippen molar-refractivity contribution in [3.05, 3.63) is 40.0 Å². The molecule has 0 amide bonds. The standard InChI is InChI=1S/C18H27N5OS.HI/c1-4-11-24-17-14(7-6-9-20-17)12-23-18(19-3)21-10-8-16-22-13-15(5-2)25-16;/h6-7,9,13H,4-5,8,10-12H2,1-3H3,(H2,19,21,23);1H. The summed E-state index contributed by atoms with van der Waals surface area (Å²) in [5.74, 6) is 1.44. The summed E-state index contributed by atoms with van der Waals surface area (Å²) in [6.45, 7) is 6.31. The summed E-state index contributed by atoms with van der Waals surface area (Å²) in [5.41, 5.74) is 1.02. The maximum Gasteiger partial charge on any atom is 0.218 e. The van der Waals surface area contributed by atoms with Gasteiger partial charge in [0.15, 0.2) is 5.96 Å². The zero-order valence-electron chi connectivity index (χ0n) is 15.6. The molecule has 0 atom stereocenters. The molecule has 144 valence electrons. The molecule has 0 bridgehead atoms. The fourth-order valence-corrected chi connectivity index (χ4v) is 3.06. The van der Waals surface area contributed by atoms with Crippen molar-refractivity contribution in [2.45, 2.75) is 39.7 Å². The lowest BCUT2D eigenvalue weighted by Crippen LogP contribution is -2.38. The lowest BCUT2D eigenvalue weighted by atomic mass is 10.2. The molecule has 0 aliphatic rings. The number of rotatable bonds is 9. The molecule has 8 heteroatoms. The van der Waals surface area contributed by atoms with E-state index in [4.69, 9.17) is 4.74 Å². The van der Waals surface area contributed by atoms with Gasteiger partial charge in [0.25, 0.3) is 0 Å². The minimum Gasteiger partial charge on any atom is -0.477 e. The first kappa shape index (κ1) is 22.6. The Bertz CT molecular complexity index is 677. The molecule has 0 unspecified atom stereocenters. The minimum absolute atomic E-state index is 0. The number of ether oxygens (including phenoxy) is 1. The number of nitrogens with one attached hydrogen (secondary N) is 2. The summed E-state index contributed by atoms with van der Waals surface area (Å²) in [6, 6.07) is 3.93. The van der Waals surface area contributed by atoms with E-state index in [2.05, 4.69) is 39.4 Å². The monoisotopic (exact) mass is 489 g/mol. The second-order valence-corrected chi connectivity index (χ2v) is 6.69. The van der Waals surface area contributed by atoms with Crippen molar-refractivity contribution in [1.82, 2.24) is 20.6 Å². The van der Waals surface area contributed by atoms with Crippen molar-refractivity contribution in [1.29, 1.82) is 0 Å². The van der Waals surface area contributed by atoms with E-state index in [0.29, 0.717) is 19.0 Å². The van der Waals surface area contributed by atoms with E-state index in [0.717, 1.165) is 42.3 Å². The third-order valence-electron chi connectivity index (χ3n) is 3.54.